The summed E-state index contributed by atoms with van der Waals surface area (Å²) in [6, 6.07) is 15.5. The Hall–Kier alpha value is -4.01. The van der Waals surface area contributed by atoms with E-state index in [4.69, 9.17) is 21.3 Å². The average Bonchev–Trinajstić information content (AvgIpc) is 3.20. The summed E-state index contributed by atoms with van der Waals surface area (Å²) in [7, 11) is 0. The number of nitrogens with one attached hydrogen (secondary N) is 1. The van der Waals surface area contributed by atoms with Gasteiger partial charge in [-0.1, -0.05) is 23.7 Å². The lowest BCUT2D eigenvalue weighted by Gasteiger charge is -2.09. The first-order chi connectivity index (χ1) is 14.7. The van der Waals surface area contributed by atoms with Crippen molar-refractivity contribution in [2.75, 3.05) is 5.32 Å². The predicted molar refractivity (Wildman–Crippen MR) is 108 cm³/mol. The maximum Gasteiger partial charge on any atom is 0.416 e. The molecule has 0 saturated heterocycles. The van der Waals surface area contributed by atoms with Gasteiger partial charge in [-0.25, -0.2) is 0 Å². The maximum atomic E-state index is 13.0. The van der Waals surface area contributed by atoms with Crippen LogP contribution in [0.25, 0.3) is 17.4 Å². The van der Waals surface area contributed by atoms with Crippen LogP contribution in [-0.2, 0) is 11.0 Å². The van der Waals surface area contributed by atoms with Crippen molar-refractivity contribution in [3.8, 4) is 23.5 Å². The second-order valence-corrected chi connectivity index (χ2v) is 6.58. The first kappa shape index (κ1) is 21.7. The number of alkyl halides is 3. The predicted octanol–water partition coefficient (Wildman–Crippen LogP) is 6.04. The van der Waals surface area contributed by atoms with Crippen molar-refractivity contribution in [1.82, 2.24) is 0 Å². The van der Waals surface area contributed by atoms with Crippen LogP contribution < -0.4 is 5.32 Å². The van der Waals surface area contributed by atoms with Gasteiger partial charge in [-0.05, 0) is 42.5 Å². The molecule has 0 aliphatic rings. The fourth-order valence-electron chi connectivity index (χ4n) is 2.64. The number of benzene rings is 2. The number of hydrogen-bond acceptors (Lipinski definition) is 4. The normalized spacial score (nSPS) is 11.5. The molecule has 0 fully saturated rings. The number of carbonyl (C=O) groups excluding carboxylic acids is 1. The second kappa shape index (κ2) is 8.78. The first-order valence-electron chi connectivity index (χ1n) is 8.62. The fourth-order valence-corrected chi connectivity index (χ4v) is 2.85. The number of nitrogens with zero attached hydrogens (tertiary/aromatic N) is 2. The van der Waals surface area contributed by atoms with E-state index in [0.29, 0.717) is 0 Å². The molecule has 2 aromatic carbocycles. The Labute approximate surface area is 179 Å². The molecule has 0 aliphatic carbocycles. The summed E-state index contributed by atoms with van der Waals surface area (Å²) in [5.41, 5.74) is -0.765. The van der Waals surface area contributed by atoms with E-state index >= 15 is 0 Å². The van der Waals surface area contributed by atoms with Gasteiger partial charge in [0.1, 0.15) is 29.2 Å². The Balaban J connectivity index is 1.89. The summed E-state index contributed by atoms with van der Waals surface area (Å²) in [5, 5.41) is 20.9. The molecular weight excluding hydrogens is 431 g/mol. The molecule has 3 rings (SSSR count). The van der Waals surface area contributed by atoms with Crippen LogP contribution in [0.2, 0.25) is 5.02 Å². The van der Waals surface area contributed by atoms with Crippen molar-refractivity contribution in [2.45, 2.75) is 6.18 Å². The highest BCUT2D eigenvalue weighted by molar-refractivity contribution is 6.33. The van der Waals surface area contributed by atoms with Gasteiger partial charge in [-0.2, -0.15) is 23.7 Å². The van der Waals surface area contributed by atoms with E-state index < -0.39 is 17.6 Å². The van der Waals surface area contributed by atoms with Gasteiger partial charge in [0.15, 0.2) is 0 Å². The number of rotatable bonds is 4. The van der Waals surface area contributed by atoms with Gasteiger partial charge in [0, 0.05) is 11.6 Å². The van der Waals surface area contributed by atoms with Crippen LogP contribution >= 0.6 is 11.6 Å². The summed E-state index contributed by atoms with van der Waals surface area (Å²) >= 11 is 6.01. The van der Waals surface area contributed by atoms with Crippen LogP contribution in [0, 0.1) is 22.7 Å². The van der Waals surface area contributed by atoms with Gasteiger partial charge >= 0.3 is 6.18 Å². The van der Waals surface area contributed by atoms with Gasteiger partial charge < -0.3 is 9.73 Å². The molecule has 0 spiro atoms. The van der Waals surface area contributed by atoms with E-state index in [2.05, 4.69) is 5.32 Å². The summed E-state index contributed by atoms with van der Waals surface area (Å²) < 4.78 is 44.4. The summed E-state index contributed by atoms with van der Waals surface area (Å²) in [6.07, 6.45) is -3.42. The molecular formula is C22H11ClF3N3O2. The number of nitriles is 2. The molecule has 31 heavy (non-hydrogen) atoms. The van der Waals surface area contributed by atoms with Crippen LogP contribution in [0.5, 0.6) is 0 Å². The van der Waals surface area contributed by atoms with Crippen molar-refractivity contribution < 1.29 is 22.4 Å². The van der Waals surface area contributed by atoms with Gasteiger partial charge in [0.25, 0.3) is 5.91 Å². The highest BCUT2D eigenvalue weighted by atomic mass is 35.5. The molecule has 0 bridgehead atoms. The standard InChI is InChI=1S/C22H11ClF3N3O2/c23-18-7-5-15(22(24,25)26)10-17(18)20-8-6-16(31-20)9-14(12-28)21(30)29-19-4-2-1-3-13(19)11-27/h1-10H,(H,29,30)/b14-9+. The third-order valence-corrected chi connectivity index (χ3v) is 4.46. The zero-order valence-electron chi connectivity index (χ0n) is 15.5. The summed E-state index contributed by atoms with van der Waals surface area (Å²) in [5.74, 6) is -0.682. The molecule has 154 valence electrons. The number of para-hydroxylation sites is 1. The number of halogens is 4. The van der Waals surface area contributed by atoms with Gasteiger partial charge in [-0.3, -0.25) is 4.79 Å². The molecule has 5 nitrogen and oxygen atoms in total. The van der Waals surface area contributed by atoms with E-state index in [1.807, 2.05) is 6.07 Å². The lowest BCUT2D eigenvalue weighted by atomic mass is 10.1. The largest absolute Gasteiger partial charge is 0.457 e. The van der Waals surface area contributed by atoms with E-state index in [-0.39, 0.29) is 38.9 Å². The molecule has 0 radical (unpaired) electrons. The molecule has 0 saturated carbocycles. The van der Waals surface area contributed by atoms with Crippen molar-refractivity contribution in [3.05, 3.63) is 82.1 Å². The fraction of sp³-hybridized carbons (Fsp3) is 0.0455. The molecule has 1 heterocycles. The molecule has 3 aromatic rings. The number of anilines is 1. The van der Waals surface area contributed by atoms with E-state index in [1.165, 1.54) is 24.3 Å². The van der Waals surface area contributed by atoms with Gasteiger partial charge in [0.2, 0.25) is 0 Å². The lowest BCUT2D eigenvalue weighted by Crippen LogP contribution is -2.14. The maximum absolute atomic E-state index is 13.0. The van der Waals surface area contributed by atoms with Crippen LogP contribution in [0.15, 0.2) is 64.6 Å². The van der Waals surface area contributed by atoms with Crippen LogP contribution in [0.3, 0.4) is 0 Å². The molecule has 1 N–H and O–H groups in total. The zero-order chi connectivity index (χ0) is 22.6. The van der Waals surface area contributed by atoms with Crippen molar-refractivity contribution in [2.24, 2.45) is 0 Å². The van der Waals surface area contributed by atoms with Crippen LogP contribution in [-0.4, -0.2) is 5.91 Å². The summed E-state index contributed by atoms with van der Waals surface area (Å²) in [4.78, 5) is 12.4. The first-order valence-corrected chi connectivity index (χ1v) is 9.00. The minimum atomic E-state index is -4.56. The van der Waals surface area contributed by atoms with Crippen molar-refractivity contribution in [3.63, 3.8) is 0 Å². The number of hydrogen-bond donors (Lipinski definition) is 1. The average molecular weight is 442 g/mol. The molecule has 0 aliphatic heterocycles. The second-order valence-electron chi connectivity index (χ2n) is 6.18. The lowest BCUT2D eigenvalue weighted by molar-refractivity contribution is -0.137. The topological polar surface area (TPSA) is 89.8 Å². The number of carbonyl (C=O) groups is 1. The SMILES string of the molecule is N#C/C(=C\c1ccc(-c2cc(C(F)(F)F)ccc2Cl)o1)C(=O)Nc1ccccc1C#N. The molecule has 9 heteroatoms. The molecule has 0 unspecified atom stereocenters. The van der Waals surface area contributed by atoms with Crippen LogP contribution in [0.1, 0.15) is 16.9 Å². The Morgan fingerprint density at radius 2 is 1.84 bits per heavy atom. The highest BCUT2D eigenvalue weighted by Gasteiger charge is 2.31. The number of amides is 1. The Morgan fingerprint density at radius 1 is 1.10 bits per heavy atom. The van der Waals surface area contributed by atoms with E-state index in [9.17, 15) is 23.2 Å². The Kier molecular flexibility index (Phi) is 6.15. The highest BCUT2D eigenvalue weighted by Crippen LogP contribution is 2.36. The van der Waals surface area contributed by atoms with E-state index in [1.54, 1.807) is 18.2 Å². The molecule has 1 aromatic heterocycles. The van der Waals surface area contributed by atoms with Crippen molar-refractivity contribution in [1.29, 1.82) is 10.5 Å². The van der Waals surface area contributed by atoms with Gasteiger partial charge in [0.05, 0.1) is 21.8 Å². The molecule has 0 atom stereocenters. The van der Waals surface area contributed by atoms with E-state index in [0.717, 1.165) is 24.3 Å². The van der Waals surface area contributed by atoms with Crippen molar-refractivity contribution >= 4 is 29.3 Å². The summed E-state index contributed by atoms with van der Waals surface area (Å²) in [6.45, 7) is 0. The smallest absolute Gasteiger partial charge is 0.416 e. The minimum absolute atomic E-state index is 0.0158. The number of furan rings is 1. The van der Waals surface area contributed by atoms with Gasteiger partial charge in [-0.15, -0.1) is 0 Å². The third-order valence-electron chi connectivity index (χ3n) is 4.13. The third kappa shape index (κ3) is 4.95. The quantitative estimate of drug-likeness (QED) is 0.395. The Bertz CT molecular complexity index is 1260. The zero-order valence-corrected chi connectivity index (χ0v) is 16.3. The minimum Gasteiger partial charge on any atom is -0.457 e. The monoisotopic (exact) mass is 441 g/mol. The molecule has 1 amide bonds. The Morgan fingerprint density at radius 3 is 2.52 bits per heavy atom. The van der Waals surface area contributed by atoms with Crippen LogP contribution in [0.4, 0.5) is 18.9 Å².